The SMILES string of the molecule is CCNC(=NCC(C)(O)CC)NC1CCCn2nc(C)nc21.I. The predicted octanol–water partition coefficient (Wildman–Crippen LogP) is 1.76. The Morgan fingerprint density at radius 3 is 2.87 bits per heavy atom. The van der Waals surface area contributed by atoms with E-state index in [0.717, 1.165) is 43.5 Å². The summed E-state index contributed by atoms with van der Waals surface area (Å²) in [5.74, 6) is 2.49. The standard InChI is InChI=1S/C15H28N6O.HI/c1-5-15(4,22)10-17-14(16-6-2)19-12-8-7-9-21-13(12)18-11(3)20-21;/h12,22H,5-10H2,1-4H3,(H2,16,17,19);1H. The summed E-state index contributed by atoms with van der Waals surface area (Å²) in [4.78, 5) is 9.04. The normalized spacial score (nSPS) is 20.2. The van der Waals surface area contributed by atoms with E-state index >= 15 is 0 Å². The molecule has 7 nitrogen and oxygen atoms in total. The second kappa shape index (κ2) is 8.81. The largest absolute Gasteiger partial charge is 0.388 e. The first-order chi connectivity index (χ1) is 10.4. The number of nitrogens with one attached hydrogen (secondary N) is 2. The Kier molecular flexibility index (Phi) is 7.72. The first-order valence-corrected chi connectivity index (χ1v) is 8.13. The van der Waals surface area contributed by atoms with Crippen molar-refractivity contribution in [2.75, 3.05) is 13.1 Å². The van der Waals surface area contributed by atoms with Crippen molar-refractivity contribution in [3.05, 3.63) is 11.6 Å². The van der Waals surface area contributed by atoms with Crippen LogP contribution >= 0.6 is 24.0 Å². The van der Waals surface area contributed by atoms with Gasteiger partial charge in [-0.1, -0.05) is 6.92 Å². The summed E-state index contributed by atoms with van der Waals surface area (Å²) in [6, 6.07) is 0.110. The van der Waals surface area contributed by atoms with Crippen LogP contribution in [0.3, 0.4) is 0 Å². The zero-order valence-corrected chi connectivity index (χ0v) is 16.8. The number of aryl methyl sites for hydroxylation is 2. The van der Waals surface area contributed by atoms with Crippen molar-refractivity contribution in [1.29, 1.82) is 0 Å². The summed E-state index contributed by atoms with van der Waals surface area (Å²) in [7, 11) is 0. The molecule has 0 saturated carbocycles. The average Bonchev–Trinajstić information content (AvgIpc) is 2.86. The maximum atomic E-state index is 10.1. The summed E-state index contributed by atoms with van der Waals surface area (Å²) < 4.78 is 1.97. The van der Waals surface area contributed by atoms with Gasteiger partial charge < -0.3 is 15.7 Å². The van der Waals surface area contributed by atoms with Crippen LogP contribution in [0.25, 0.3) is 0 Å². The maximum absolute atomic E-state index is 10.1. The average molecular weight is 436 g/mol. The van der Waals surface area contributed by atoms with Gasteiger partial charge in [0.15, 0.2) is 5.96 Å². The quantitative estimate of drug-likeness (QED) is 0.372. The Bertz CT molecular complexity index is 528. The zero-order chi connectivity index (χ0) is 16.2. The highest BCUT2D eigenvalue weighted by Gasteiger charge is 2.25. The Balaban J connectivity index is 0.00000264. The number of nitrogens with zero attached hydrogens (tertiary/aromatic N) is 4. The van der Waals surface area contributed by atoms with Gasteiger partial charge in [0.05, 0.1) is 18.2 Å². The number of aromatic nitrogens is 3. The Labute approximate surface area is 155 Å². The lowest BCUT2D eigenvalue weighted by Crippen LogP contribution is -2.42. The molecule has 132 valence electrons. The van der Waals surface area contributed by atoms with Crippen molar-refractivity contribution in [1.82, 2.24) is 25.4 Å². The minimum atomic E-state index is -0.772. The van der Waals surface area contributed by atoms with Crippen LogP contribution in [0.4, 0.5) is 0 Å². The van der Waals surface area contributed by atoms with Crippen molar-refractivity contribution >= 4 is 29.9 Å². The molecule has 0 saturated heterocycles. The van der Waals surface area contributed by atoms with E-state index in [1.165, 1.54) is 0 Å². The third kappa shape index (κ3) is 5.59. The van der Waals surface area contributed by atoms with Crippen LogP contribution in [-0.4, -0.2) is 44.5 Å². The van der Waals surface area contributed by atoms with Crippen molar-refractivity contribution in [3.8, 4) is 0 Å². The molecule has 1 aliphatic heterocycles. The highest BCUT2D eigenvalue weighted by molar-refractivity contribution is 14.0. The molecule has 0 radical (unpaired) electrons. The van der Waals surface area contributed by atoms with Crippen LogP contribution in [0.15, 0.2) is 4.99 Å². The lowest BCUT2D eigenvalue weighted by Gasteiger charge is -2.26. The van der Waals surface area contributed by atoms with Gasteiger partial charge in [0.25, 0.3) is 0 Å². The van der Waals surface area contributed by atoms with E-state index in [1.54, 1.807) is 6.92 Å². The van der Waals surface area contributed by atoms with Crippen LogP contribution in [0, 0.1) is 6.92 Å². The second-order valence-electron chi connectivity index (χ2n) is 6.13. The third-order valence-corrected chi connectivity index (χ3v) is 3.98. The number of halogens is 1. The molecule has 2 rings (SSSR count). The van der Waals surface area contributed by atoms with Crippen molar-refractivity contribution < 1.29 is 5.11 Å². The minimum absolute atomic E-state index is 0. The molecule has 2 unspecified atom stereocenters. The maximum Gasteiger partial charge on any atom is 0.191 e. The summed E-state index contributed by atoms with van der Waals surface area (Å²) in [5.41, 5.74) is -0.772. The number of fused-ring (bicyclic) bond motifs is 1. The van der Waals surface area contributed by atoms with Crippen LogP contribution in [0.5, 0.6) is 0 Å². The van der Waals surface area contributed by atoms with E-state index in [-0.39, 0.29) is 30.0 Å². The first-order valence-electron chi connectivity index (χ1n) is 8.13. The Morgan fingerprint density at radius 2 is 2.22 bits per heavy atom. The topological polar surface area (TPSA) is 87.4 Å². The van der Waals surface area contributed by atoms with Gasteiger partial charge in [0, 0.05) is 13.1 Å². The van der Waals surface area contributed by atoms with Gasteiger partial charge in [0.2, 0.25) is 0 Å². The molecule has 0 fully saturated rings. The van der Waals surface area contributed by atoms with E-state index in [9.17, 15) is 5.11 Å². The van der Waals surface area contributed by atoms with Gasteiger partial charge in [-0.05, 0) is 40.0 Å². The van der Waals surface area contributed by atoms with Crippen LogP contribution < -0.4 is 10.6 Å². The fraction of sp³-hybridized carbons (Fsp3) is 0.800. The molecule has 3 N–H and O–H groups in total. The number of hydrogen-bond donors (Lipinski definition) is 3. The highest BCUT2D eigenvalue weighted by Crippen LogP contribution is 2.22. The molecule has 0 aliphatic carbocycles. The van der Waals surface area contributed by atoms with Crippen LogP contribution in [-0.2, 0) is 6.54 Å². The molecular weight excluding hydrogens is 407 g/mol. The van der Waals surface area contributed by atoms with E-state index in [2.05, 4.69) is 25.7 Å². The lowest BCUT2D eigenvalue weighted by atomic mass is 10.0. The van der Waals surface area contributed by atoms with Crippen LogP contribution in [0.2, 0.25) is 0 Å². The number of guanidine groups is 1. The number of aliphatic hydroxyl groups is 1. The first kappa shape index (κ1) is 20.1. The molecule has 0 amide bonds. The van der Waals surface area contributed by atoms with Gasteiger partial charge in [-0.25, -0.2) is 9.67 Å². The molecule has 8 heteroatoms. The van der Waals surface area contributed by atoms with E-state index in [4.69, 9.17) is 0 Å². The predicted molar refractivity (Wildman–Crippen MR) is 102 cm³/mol. The minimum Gasteiger partial charge on any atom is -0.388 e. The van der Waals surface area contributed by atoms with E-state index in [0.29, 0.717) is 13.0 Å². The third-order valence-electron chi connectivity index (χ3n) is 3.98. The summed E-state index contributed by atoms with van der Waals surface area (Å²) >= 11 is 0. The van der Waals surface area contributed by atoms with Gasteiger partial charge in [-0.15, -0.1) is 24.0 Å². The summed E-state index contributed by atoms with van der Waals surface area (Å²) in [6.07, 6.45) is 2.75. The fourth-order valence-corrected chi connectivity index (χ4v) is 2.45. The van der Waals surface area contributed by atoms with Crippen molar-refractivity contribution in [2.45, 2.75) is 65.1 Å². The molecule has 1 aliphatic rings. The molecule has 1 aromatic rings. The Hall–Kier alpha value is -0.900. The van der Waals surface area contributed by atoms with Crippen LogP contribution in [0.1, 0.15) is 57.7 Å². The van der Waals surface area contributed by atoms with Gasteiger partial charge in [0.1, 0.15) is 11.6 Å². The fourth-order valence-electron chi connectivity index (χ4n) is 2.45. The van der Waals surface area contributed by atoms with Gasteiger partial charge in [-0.3, -0.25) is 4.99 Å². The van der Waals surface area contributed by atoms with Crippen molar-refractivity contribution in [2.24, 2.45) is 4.99 Å². The molecule has 23 heavy (non-hydrogen) atoms. The number of aliphatic imine (C=N–C) groups is 1. The molecule has 0 bridgehead atoms. The van der Waals surface area contributed by atoms with E-state index in [1.807, 2.05) is 25.5 Å². The van der Waals surface area contributed by atoms with E-state index < -0.39 is 5.60 Å². The van der Waals surface area contributed by atoms with Crippen molar-refractivity contribution in [3.63, 3.8) is 0 Å². The number of hydrogen-bond acceptors (Lipinski definition) is 4. The smallest absolute Gasteiger partial charge is 0.191 e. The monoisotopic (exact) mass is 436 g/mol. The van der Waals surface area contributed by atoms with Gasteiger partial charge >= 0.3 is 0 Å². The second-order valence-corrected chi connectivity index (χ2v) is 6.13. The summed E-state index contributed by atoms with van der Waals surface area (Å²) in [6.45, 7) is 9.79. The number of rotatable bonds is 5. The molecule has 0 spiro atoms. The zero-order valence-electron chi connectivity index (χ0n) is 14.5. The molecule has 1 aromatic heterocycles. The molecule has 2 heterocycles. The Morgan fingerprint density at radius 1 is 1.48 bits per heavy atom. The molecule has 2 atom stereocenters. The lowest BCUT2D eigenvalue weighted by molar-refractivity contribution is 0.0656. The molecule has 0 aromatic carbocycles. The summed E-state index contributed by atoms with van der Waals surface area (Å²) in [5, 5.41) is 21.2. The highest BCUT2D eigenvalue weighted by atomic mass is 127. The molecular formula is C15H29IN6O. The van der Waals surface area contributed by atoms with Gasteiger partial charge in [-0.2, -0.15) is 5.10 Å².